The van der Waals surface area contributed by atoms with Gasteiger partial charge in [-0.3, -0.25) is 9.59 Å². The van der Waals surface area contributed by atoms with Crippen LogP contribution in [0, 0.1) is 5.82 Å². The molecule has 1 aliphatic rings. The van der Waals surface area contributed by atoms with Gasteiger partial charge in [-0.05, 0) is 44.0 Å². The van der Waals surface area contributed by atoms with Crippen LogP contribution in [0.4, 0.5) is 23.2 Å². The maximum atomic E-state index is 13.3. The van der Waals surface area contributed by atoms with Gasteiger partial charge in [0.1, 0.15) is 11.9 Å². The second-order valence-corrected chi connectivity index (χ2v) is 6.17. The van der Waals surface area contributed by atoms with Crippen molar-refractivity contribution in [3.05, 3.63) is 57.8 Å². The summed E-state index contributed by atoms with van der Waals surface area (Å²) in [5, 5.41) is 6.44. The van der Waals surface area contributed by atoms with Crippen LogP contribution in [-0.4, -0.2) is 15.7 Å². The fourth-order valence-electron chi connectivity index (χ4n) is 2.49. The van der Waals surface area contributed by atoms with E-state index in [2.05, 4.69) is 10.4 Å². The summed E-state index contributed by atoms with van der Waals surface area (Å²) in [4.78, 5) is 24.3. The normalized spacial score (nSPS) is 15.6. The molecule has 1 saturated carbocycles. The summed E-state index contributed by atoms with van der Waals surface area (Å²) in [5.74, 6) is -1.89. The van der Waals surface area contributed by atoms with Crippen molar-refractivity contribution >= 4 is 11.6 Å². The van der Waals surface area contributed by atoms with Crippen LogP contribution in [-0.2, 0) is 11.0 Å². The third-order valence-electron chi connectivity index (χ3n) is 4.13. The average molecular weight is 369 g/mol. The predicted molar refractivity (Wildman–Crippen MR) is 85.2 cm³/mol. The average Bonchev–Trinajstić information content (AvgIpc) is 3.40. The van der Waals surface area contributed by atoms with E-state index in [-0.39, 0.29) is 11.6 Å². The summed E-state index contributed by atoms with van der Waals surface area (Å²) in [6, 6.07) is 4.03. The molecule has 1 aromatic carbocycles. The number of carbonyl (C=O) groups excluding carboxylic acids is 1. The second kappa shape index (κ2) is 6.54. The van der Waals surface area contributed by atoms with Gasteiger partial charge in [0.05, 0.1) is 11.3 Å². The topological polar surface area (TPSA) is 64.0 Å². The molecule has 1 amide bonds. The van der Waals surface area contributed by atoms with Crippen LogP contribution in [0.25, 0.3) is 0 Å². The SMILES string of the molecule is CC(C(=O)Nc1ccc(F)c(C(F)(F)F)c1)n1nc(C2CC2)ccc1=O. The summed E-state index contributed by atoms with van der Waals surface area (Å²) in [7, 11) is 0. The quantitative estimate of drug-likeness (QED) is 0.840. The maximum Gasteiger partial charge on any atom is 0.419 e. The van der Waals surface area contributed by atoms with Crippen molar-refractivity contribution in [1.29, 1.82) is 0 Å². The molecule has 0 bridgehead atoms. The molecule has 1 heterocycles. The van der Waals surface area contributed by atoms with Crippen molar-refractivity contribution in [2.24, 2.45) is 0 Å². The lowest BCUT2D eigenvalue weighted by atomic mass is 10.1. The van der Waals surface area contributed by atoms with E-state index in [1.54, 1.807) is 6.07 Å². The van der Waals surface area contributed by atoms with Gasteiger partial charge in [-0.25, -0.2) is 9.07 Å². The van der Waals surface area contributed by atoms with Crippen molar-refractivity contribution in [3.8, 4) is 0 Å². The van der Waals surface area contributed by atoms with Crippen LogP contribution in [0.5, 0.6) is 0 Å². The second-order valence-electron chi connectivity index (χ2n) is 6.17. The number of alkyl halides is 3. The van der Waals surface area contributed by atoms with Gasteiger partial charge in [0.25, 0.3) is 5.56 Å². The molecular formula is C17H15F4N3O2. The number of aromatic nitrogens is 2. The van der Waals surface area contributed by atoms with E-state index in [0.29, 0.717) is 17.8 Å². The Morgan fingerprint density at radius 1 is 1.27 bits per heavy atom. The van der Waals surface area contributed by atoms with Gasteiger partial charge in [0.15, 0.2) is 0 Å². The Balaban J connectivity index is 1.82. The van der Waals surface area contributed by atoms with Crippen LogP contribution in [0.15, 0.2) is 35.1 Å². The highest BCUT2D eigenvalue weighted by Crippen LogP contribution is 2.38. The van der Waals surface area contributed by atoms with Crippen molar-refractivity contribution in [2.45, 2.75) is 37.9 Å². The Morgan fingerprint density at radius 3 is 2.58 bits per heavy atom. The number of nitrogens with zero attached hydrogens (tertiary/aromatic N) is 2. The minimum absolute atomic E-state index is 0.220. The van der Waals surface area contributed by atoms with Crippen molar-refractivity contribution in [2.75, 3.05) is 5.32 Å². The van der Waals surface area contributed by atoms with Gasteiger partial charge < -0.3 is 5.32 Å². The van der Waals surface area contributed by atoms with Gasteiger partial charge >= 0.3 is 6.18 Å². The molecule has 0 aliphatic heterocycles. The summed E-state index contributed by atoms with van der Waals surface area (Å²) in [6.45, 7) is 1.41. The number of benzene rings is 1. The van der Waals surface area contributed by atoms with E-state index in [1.807, 2.05) is 0 Å². The molecule has 26 heavy (non-hydrogen) atoms. The van der Waals surface area contributed by atoms with Crippen LogP contribution >= 0.6 is 0 Å². The molecule has 5 nitrogen and oxygen atoms in total. The Morgan fingerprint density at radius 2 is 1.96 bits per heavy atom. The van der Waals surface area contributed by atoms with Crippen molar-refractivity contribution in [3.63, 3.8) is 0 Å². The van der Waals surface area contributed by atoms with Gasteiger partial charge in [-0.15, -0.1) is 0 Å². The smallest absolute Gasteiger partial charge is 0.324 e. The zero-order valence-corrected chi connectivity index (χ0v) is 13.7. The first-order chi connectivity index (χ1) is 12.2. The van der Waals surface area contributed by atoms with Crippen LogP contribution in [0.2, 0.25) is 0 Å². The number of hydrogen-bond acceptors (Lipinski definition) is 3. The molecule has 1 N–H and O–H groups in total. The first kappa shape index (κ1) is 18.1. The number of hydrogen-bond donors (Lipinski definition) is 1. The van der Waals surface area contributed by atoms with Crippen LogP contribution < -0.4 is 10.9 Å². The summed E-state index contributed by atoms with van der Waals surface area (Å²) >= 11 is 0. The highest BCUT2D eigenvalue weighted by Gasteiger charge is 2.34. The number of halogens is 4. The molecule has 0 radical (unpaired) electrons. The lowest BCUT2D eigenvalue weighted by molar-refractivity contribution is -0.140. The number of anilines is 1. The van der Waals surface area contributed by atoms with Gasteiger partial charge in [-0.1, -0.05) is 0 Å². The summed E-state index contributed by atoms with van der Waals surface area (Å²) in [5.41, 5.74) is -1.49. The molecule has 1 aliphatic carbocycles. The molecule has 9 heteroatoms. The highest BCUT2D eigenvalue weighted by atomic mass is 19.4. The highest BCUT2D eigenvalue weighted by molar-refractivity contribution is 5.93. The van der Waals surface area contributed by atoms with Gasteiger partial charge in [0, 0.05) is 17.7 Å². The molecule has 2 aromatic rings. The first-order valence-electron chi connectivity index (χ1n) is 7.94. The third-order valence-corrected chi connectivity index (χ3v) is 4.13. The van der Waals surface area contributed by atoms with E-state index in [4.69, 9.17) is 0 Å². The van der Waals surface area contributed by atoms with Gasteiger partial charge in [-0.2, -0.15) is 18.3 Å². The zero-order valence-electron chi connectivity index (χ0n) is 13.7. The number of rotatable bonds is 4. The first-order valence-corrected chi connectivity index (χ1v) is 7.94. The molecule has 1 atom stereocenters. The largest absolute Gasteiger partial charge is 0.419 e. The molecule has 1 fully saturated rings. The van der Waals surface area contributed by atoms with Crippen molar-refractivity contribution in [1.82, 2.24) is 9.78 Å². The maximum absolute atomic E-state index is 13.3. The molecule has 1 aromatic heterocycles. The molecule has 3 rings (SSSR count). The molecule has 138 valence electrons. The number of amides is 1. The Bertz CT molecular complexity index is 904. The minimum Gasteiger partial charge on any atom is -0.324 e. The van der Waals surface area contributed by atoms with E-state index in [0.717, 1.165) is 23.6 Å². The summed E-state index contributed by atoms with van der Waals surface area (Å²) in [6.07, 6.45) is -2.96. The lowest BCUT2D eigenvalue weighted by Crippen LogP contribution is -2.33. The van der Waals surface area contributed by atoms with E-state index in [1.165, 1.54) is 13.0 Å². The van der Waals surface area contributed by atoms with Crippen LogP contribution in [0.3, 0.4) is 0 Å². The van der Waals surface area contributed by atoms with E-state index >= 15 is 0 Å². The Kier molecular flexibility index (Phi) is 4.55. The molecule has 0 saturated heterocycles. The lowest BCUT2D eigenvalue weighted by Gasteiger charge is -2.16. The fraction of sp³-hybridized carbons (Fsp3) is 0.353. The zero-order chi connectivity index (χ0) is 19.1. The number of carbonyl (C=O) groups is 1. The Labute approximate surface area is 145 Å². The van der Waals surface area contributed by atoms with Crippen LogP contribution in [0.1, 0.15) is 43.0 Å². The van der Waals surface area contributed by atoms with E-state index in [9.17, 15) is 27.2 Å². The monoisotopic (exact) mass is 369 g/mol. The number of nitrogens with one attached hydrogen (secondary N) is 1. The standard InChI is InChI=1S/C17H15F4N3O2/c1-9(24-15(25)7-6-14(23-24)10-2-3-10)16(26)22-11-4-5-13(18)12(8-11)17(19,20)21/h4-10H,2-3H2,1H3,(H,22,26). The molecular weight excluding hydrogens is 354 g/mol. The van der Waals surface area contributed by atoms with Gasteiger partial charge in [0.2, 0.25) is 5.91 Å². The predicted octanol–water partition coefficient (Wildman–Crippen LogP) is 3.48. The minimum atomic E-state index is -4.88. The van der Waals surface area contributed by atoms with E-state index < -0.39 is 35.1 Å². The third kappa shape index (κ3) is 3.76. The molecule has 1 unspecified atom stereocenters. The molecule has 0 spiro atoms. The Hall–Kier alpha value is -2.71. The summed E-state index contributed by atoms with van der Waals surface area (Å²) < 4.78 is 52.6. The van der Waals surface area contributed by atoms with Crippen molar-refractivity contribution < 1.29 is 22.4 Å². The fourth-order valence-corrected chi connectivity index (χ4v) is 2.49.